The summed E-state index contributed by atoms with van der Waals surface area (Å²) in [6.07, 6.45) is 6.69. The number of thioether (sulfide) groups is 1. The van der Waals surface area contributed by atoms with Crippen LogP contribution in [0, 0.1) is 0 Å². The maximum atomic E-state index is 12.3. The van der Waals surface area contributed by atoms with Crippen molar-refractivity contribution in [2.24, 2.45) is 0 Å². The number of hydrogen-bond donors (Lipinski definition) is 1. The normalized spacial score (nSPS) is 15.8. The summed E-state index contributed by atoms with van der Waals surface area (Å²) < 4.78 is 8.10. The lowest BCUT2D eigenvalue weighted by Crippen LogP contribution is -2.37. The van der Waals surface area contributed by atoms with Crippen molar-refractivity contribution in [2.75, 3.05) is 5.75 Å². The molecule has 6 nitrogen and oxygen atoms in total. The SMILES string of the molecule is CCc1ccc(O[C@@H](C)c2nnc(SCC(=O)NC3CCCCC3)n2CC)cc1. The van der Waals surface area contributed by atoms with Gasteiger partial charge in [0.05, 0.1) is 5.75 Å². The zero-order valence-corrected chi connectivity index (χ0v) is 18.5. The molecular formula is C22H32N4O2S. The minimum absolute atomic E-state index is 0.0782. The standard InChI is InChI=1S/C22H32N4O2S/c1-4-17-11-13-19(14-12-17)28-16(3)21-24-25-22(26(21)5-2)29-15-20(27)23-18-9-7-6-8-10-18/h11-14,16,18H,4-10,15H2,1-3H3,(H,23,27)/t16-/m0/s1. The van der Waals surface area contributed by atoms with E-state index >= 15 is 0 Å². The Morgan fingerprint density at radius 3 is 2.59 bits per heavy atom. The van der Waals surface area contributed by atoms with Crippen LogP contribution >= 0.6 is 11.8 Å². The third-order valence-corrected chi connectivity index (χ3v) is 6.34. The third-order valence-electron chi connectivity index (χ3n) is 5.37. The Balaban J connectivity index is 1.57. The number of hydrogen-bond acceptors (Lipinski definition) is 5. The summed E-state index contributed by atoms with van der Waals surface area (Å²) in [6.45, 7) is 6.91. The first-order valence-electron chi connectivity index (χ1n) is 10.7. The fourth-order valence-corrected chi connectivity index (χ4v) is 4.53. The van der Waals surface area contributed by atoms with E-state index in [-0.39, 0.29) is 12.0 Å². The molecular weight excluding hydrogens is 384 g/mol. The first-order valence-corrected chi connectivity index (χ1v) is 11.7. The van der Waals surface area contributed by atoms with Crippen molar-refractivity contribution in [1.82, 2.24) is 20.1 Å². The highest BCUT2D eigenvalue weighted by Crippen LogP contribution is 2.25. The fraction of sp³-hybridized carbons (Fsp3) is 0.591. The molecule has 1 aromatic carbocycles. The number of ether oxygens (including phenoxy) is 1. The molecule has 0 unspecified atom stereocenters. The van der Waals surface area contributed by atoms with Crippen LogP contribution in [0.1, 0.15) is 70.4 Å². The molecule has 1 N–H and O–H groups in total. The van der Waals surface area contributed by atoms with Crippen molar-refractivity contribution in [3.05, 3.63) is 35.7 Å². The van der Waals surface area contributed by atoms with Gasteiger partial charge in [0.1, 0.15) is 5.75 Å². The Labute approximate surface area is 177 Å². The second-order valence-electron chi connectivity index (χ2n) is 7.53. The van der Waals surface area contributed by atoms with Crippen molar-refractivity contribution in [2.45, 2.75) is 83.1 Å². The van der Waals surface area contributed by atoms with E-state index < -0.39 is 0 Å². The highest BCUT2D eigenvalue weighted by molar-refractivity contribution is 7.99. The summed E-state index contributed by atoms with van der Waals surface area (Å²) in [4.78, 5) is 12.3. The van der Waals surface area contributed by atoms with Crippen molar-refractivity contribution >= 4 is 17.7 Å². The number of aromatic nitrogens is 3. The predicted molar refractivity (Wildman–Crippen MR) is 116 cm³/mol. The van der Waals surface area contributed by atoms with Gasteiger partial charge < -0.3 is 14.6 Å². The van der Waals surface area contributed by atoms with Crippen molar-refractivity contribution in [3.8, 4) is 5.75 Å². The summed E-state index contributed by atoms with van der Waals surface area (Å²) in [5.74, 6) is 2.04. The van der Waals surface area contributed by atoms with Gasteiger partial charge in [-0.05, 0) is 50.8 Å². The number of carbonyl (C=O) groups is 1. The summed E-state index contributed by atoms with van der Waals surface area (Å²) in [5.41, 5.74) is 1.28. The first-order chi connectivity index (χ1) is 14.1. The smallest absolute Gasteiger partial charge is 0.230 e. The lowest BCUT2D eigenvalue weighted by atomic mass is 9.95. The van der Waals surface area contributed by atoms with Gasteiger partial charge in [-0.2, -0.15) is 0 Å². The minimum atomic E-state index is -0.222. The van der Waals surface area contributed by atoms with Crippen LogP contribution in [0.2, 0.25) is 0 Å². The lowest BCUT2D eigenvalue weighted by Gasteiger charge is -2.22. The Hall–Kier alpha value is -2.02. The Morgan fingerprint density at radius 2 is 1.93 bits per heavy atom. The molecule has 0 saturated heterocycles. The fourth-order valence-electron chi connectivity index (χ4n) is 3.71. The maximum absolute atomic E-state index is 12.3. The van der Waals surface area contributed by atoms with E-state index in [1.54, 1.807) is 0 Å². The molecule has 1 heterocycles. The Morgan fingerprint density at radius 1 is 1.21 bits per heavy atom. The van der Waals surface area contributed by atoms with E-state index in [0.29, 0.717) is 11.8 Å². The number of rotatable bonds is 9. The topological polar surface area (TPSA) is 69.0 Å². The zero-order valence-electron chi connectivity index (χ0n) is 17.7. The zero-order chi connectivity index (χ0) is 20.6. The van der Waals surface area contributed by atoms with Gasteiger partial charge in [-0.15, -0.1) is 10.2 Å². The molecule has 0 spiro atoms. The van der Waals surface area contributed by atoms with Gasteiger partial charge in [0.15, 0.2) is 17.1 Å². The lowest BCUT2D eigenvalue weighted by molar-refractivity contribution is -0.119. The molecule has 1 fully saturated rings. The van der Waals surface area contributed by atoms with Gasteiger partial charge in [0.2, 0.25) is 5.91 Å². The molecule has 0 bridgehead atoms. The van der Waals surface area contributed by atoms with Crippen LogP contribution in [-0.2, 0) is 17.8 Å². The Kier molecular flexibility index (Phi) is 7.98. The van der Waals surface area contributed by atoms with Crippen LogP contribution in [-0.4, -0.2) is 32.5 Å². The van der Waals surface area contributed by atoms with E-state index in [9.17, 15) is 4.79 Å². The van der Waals surface area contributed by atoms with Crippen LogP contribution in [0.4, 0.5) is 0 Å². The number of carbonyl (C=O) groups excluding carboxylic acids is 1. The van der Waals surface area contributed by atoms with Crippen LogP contribution in [0.5, 0.6) is 5.75 Å². The van der Waals surface area contributed by atoms with Gasteiger partial charge >= 0.3 is 0 Å². The quantitative estimate of drug-likeness (QED) is 0.608. The van der Waals surface area contributed by atoms with Crippen molar-refractivity contribution in [3.63, 3.8) is 0 Å². The molecule has 2 aromatic rings. The molecule has 1 aromatic heterocycles. The molecule has 7 heteroatoms. The molecule has 0 aliphatic heterocycles. The summed E-state index contributed by atoms with van der Waals surface area (Å²) in [7, 11) is 0. The molecule has 29 heavy (non-hydrogen) atoms. The third kappa shape index (κ3) is 5.98. The number of aryl methyl sites for hydroxylation is 1. The molecule has 1 amide bonds. The van der Waals surface area contributed by atoms with E-state index in [2.05, 4.69) is 41.5 Å². The van der Waals surface area contributed by atoms with Gasteiger partial charge in [0.25, 0.3) is 0 Å². The molecule has 0 radical (unpaired) electrons. The van der Waals surface area contributed by atoms with Crippen molar-refractivity contribution in [1.29, 1.82) is 0 Å². The number of amides is 1. The second kappa shape index (κ2) is 10.7. The summed E-state index contributed by atoms with van der Waals surface area (Å²) in [6, 6.07) is 8.49. The van der Waals surface area contributed by atoms with Gasteiger partial charge in [-0.1, -0.05) is 50.1 Å². The van der Waals surface area contributed by atoms with Gasteiger partial charge in [-0.25, -0.2) is 0 Å². The van der Waals surface area contributed by atoms with E-state index in [1.165, 1.54) is 36.6 Å². The molecule has 3 rings (SSSR count). The van der Waals surface area contributed by atoms with E-state index in [4.69, 9.17) is 4.74 Å². The number of nitrogens with one attached hydrogen (secondary N) is 1. The summed E-state index contributed by atoms with van der Waals surface area (Å²) >= 11 is 1.44. The largest absolute Gasteiger partial charge is 0.483 e. The molecule has 1 atom stereocenters. The van der Waals surface area contributed by atoms with Crippen LogP contribution in [0.15, 0.2) is 29.4 Å². The van der Waals surface area contributed by atoms with Crippen LogP contribution < -0.4 is 10.1 Å². The molecule has 1 aliphatic rings. The van der Waals surface area contributed by atoms with E-state index in [1.807, 2.05) is 23.6 Å². The molecule has 1 saturated carbocycles. The summed E-state index contributed by atoms with van der Waals surface area (Å²) in [5, 5.41) is 12.6. The monoisotopic (exact) mass is 416 g/mol. The van der Waals surface area contributed by atoms with Crippen LogP contribution in [0.25, 0.3) is 0 Å². The van der Waals surface area contributed by atoms with Crippen molar-refractivity contribution < 1.29 is 9.53 Å². The number of benzene rings is 1. The van der Waals surface area contributed by atoms with Gasteiger partial charge in [0, 0.05) is 12.6 Å². The Bertz CT molecular complexity index is 785. The maximum Gasteiger partial charge on any atom is 0.230 e. The first kappa shape index (κ1) is 21.7. The van der Waals surface area contributed by atoms with Crippen LogP contribution in [0.3, 0.4) is 0 Å². The minimum Gasteiger partial charge on any atom is -0.483 e. The predicted octanol–water partition coefficient (Wildman–Crippen LogP) is 4.54. The molecule has 158 valence electrons. The van der Waals surface area contributed by atoms with E-state index in [0.717, 1.165) is 42.5 Å². The second-order valence-corrected chi connectivity index (χ2v) is 8.48. The molecule has 1 aliphatic carbocycles. The average molecular weight is 417 g/mol. The highest BCUT2D eigenvalue weighted by Gasteiger charge is 2.20. The van der Waals surface area contributed by atoms with Gasteiger partial charge in [-0.3, -0.25) is 4.79 Å². The highest BCUT2D eigenvalue weighted by atomic mass is 32.2. The number of nitrogens with zero attached hydrogens (tertiary/aromatic N) is 3. The average Bonchev–Trinajstić information content (AvgIpc) is 3.16.